The highest BCUT2D eigenvalue weighted by molar-refractivity contribution is 7.91. The molecule has 0 spiro atoms. The van der Waals surface area contributed by atoms with Crippen molar-refractivity contribution in [3.8, 4) is 16.9 Å². The van der Waals surface area contributed by atoms with Gasteiger partial charge in [-0.25, -0.2) is 17.2 Å². The second-order valence-electron chi connectivity index (χ2n) is 9.86. The Morgan fingerprint density at radius 2 is 1.88 bits per heavy atom. The van der Waals surface area contributed by atoms with E-state index >= 15 is 4.39 Å². The normalized spacial score (nSPS) is 12.2. The number of furan rings is 1. The fourth-order valence-corrected chi connectivity index (χ4v) is 4.36. The molecule has 8 nitrogen and oxygen atoms in total. The Morgan fingerprint density at radius 3 is 2.60 bits per heavy atom. The predicted octanol–water partition coefficient (Wildman–Crippen LogP) is 6.00. The summed E-state index contributed by atoms with van der Waals surface area (Å²) in [6, 6.07) is 11.5. The molecule has 4 rings (SSSR count). The molecule has 0 atom stereocenters. The number of carbonyl (C=O) groups excluding carboxylic acids is 1. The Balaban J connectivity index is 1.70. The fraction of sp³-hybridized carbons (Fsp3) is 0.276. The van der Waals surface area contributed by atoms with Crippen LogP contribution in [0.4, 0.5) is 8.78 Å². The minimum atomic E-state index is -3.93. The standard InChI is InChI=1S/C29H28F2N2O6S/c1-5-37-26(34)14-19-8-6-7-9-25(19)38-16-18-12-21(28-22(13-18)23(30)17-39-28)20-10-11-32-24(27(20)31)15-33-40(35,36)29(2,3)4/h6-13,15,17H,5,14,16H2,1-4H3. The van der Waals surface area contributed by atoms with Gasteiger partial charge in [-0.15, -0.1) is 0 Å². The number of ether oxygens (including phenoxy) is 2. The Morgan fingerprint density at radius 1 is 1.12 bits per heavy atom. The van der Waals surface area contributed by atoms with Gasteiger partial charge in [0.05, 0.1) is 29.4 Å². The molecule has 0 fully saturated rings. The zero-order valence-electron chi connectivity index (χ0n) is 22.4. The Hall–Kier alpha value is -4.12. The largest absolute Gasteiger partial charge is 0.489 e. The fourth-order valence-electron chi connectivity index (χ4n) is 3.81. The number of pyridine rings is 1. The number of fused-ring (bicyclic) bond motifs is 1. The van der Waals surface area contributed by atoms with Crippen LogP contribution >= 0.6 is 0 Å². The number of benzene rings is 2. The van der Waals surface area contributed by atoms with Gasteiger partial charge >= 0.3 is 5.97 Å². The van der Waals surface area contributed by atoms with Crippen LogP contribution in [0.15, 0.2) is 63.7 Å². The van der Waals surface area contributed by atoms with Crippen LogP contribution in [-0.4, -0.2) is 36.9 Å². The van der Waals surface area contributed by atoms with Gasteiger partial charge in [0, 0.05) is 22.9 Å². The van der Waals surface area contributed by atoms with Gasteiger partial charge in [0.25, 0.3) is 10.0 Å². The third-order valence-electron chi connectivity index (χ3n) is 5.99. The van der Waals surface area contributed by atoms with Crippen molar-refractivity contribution in [2.24, 2.45) is 4.40 Å². The first-order valence-corrected chi connectivity index (χ1v) is 13.9. The number of carbonyl (C=O) groups is 1. The molecule has 11 heteroatoms. The molecule has 210 valence electrons. The molecular formula is C29H28F2N2O6S. The first kappa shape index (κ1) is 28.9. The number of hydrogen-bond donors (Lipinski definition) is 0. The van der Waals surface area contributed by atoms with Crippen molar-refractivity contribution in [1.29, 1.82) is 0 Å². The highest BCUT2D eigenvalue weighted by Crippen LogP contribution is 2.35. The molecule has 40 heavy (non-hydrogen) atoms. The summed E-state index contributed by atoms with van der Waals surface area (Å²) >= 11 is 0. The molecule has 0 bridgehead atoms. The van der Waals surface area contributed by atoms with Crippen LogP contribution in [-0.2, 0) is 32.6 Å². The minimum absolute atomic E-state index is 0.00789. The van der Waals surface area contributed by atoms with E-state index in [1.54, 1.807) is 37.3 Å². The number of sulfonamides is 1. The zero-order valence-corrected chi connectivity index (χ0v) is 23.2. The molecular weight excluding hydrogens is 542 g/mol. The van der Waals surface area contributed by atoms with Crippen molar-refractivity contribution >= 4 is 33.2 Å². The van der Waals surface area contributed by atoms with Crippen LogP contribution in [0.3, 0.4) is 0 Å². The zero-order chi connectivity index (χ0) is 29.1. The van der Waals surface area contributed by atoms with Crippen molar-refractivity contribution in [3.63, 3.8) is 0 Å². The summed E-state index contributed by atoms with van der Waals surface area (Å²) in [7, 11) is -3.93. The number of esters is 1. The van der Waals surface area contributed by atoms with Gasteiger partial charge in [0.2, 0.25) is 0 Å². The molecule has 2 heterocycles. The van der Waals surface area contributed by atoms with Crippen LogP contribution in [0.2, 0.25) is 0 Å². The molecule has 0 aliphatic carbocycles. The molecule has 4 aromatic rings. The molecule has 0 aliphatic rings. The lowest BCUT2D eigenvalue weighted by Crippen LogP contribution is -2.25. The Kier molecular flexibility index (Phi) is 8.34. The average molecular weight is 571 g/mol. The average Bonchev–Trinajstić information content (AvgIpc) is 3.27. The van der Waals surface area contributed by atoms with Crippen LogP contribution in [0.1, 0.15) is 44.5 Å². The van der Waals surface area contributed by atoms with Crippen LogP contribution in [0, 0.1) is 11.6 Å². The summed E-state index contributed by atoms with van der Waals surface area (Å²) in [4.78, 5) is 15.9. The molecule has 0 radical (unpaired) electrons. The first-order chi connectivity index (χ1) is 18.9. The maximum Gasteiger partial charge on any atom is 0.310 e. The molecule has 0 aliphatic heterocycles. The molecule has 0 N–H and O–H groups in total. The van der Waals surface area contributed by atoms with Gasteiger partial charge in [-0.3, -0.25) is 9.78 Å². The third-order valence-corrected chi connectivity index (χ3v) is 7.92. The van der Waals surface area contributed by atoms with E-state index < -0.39 is 32.4 Å². The number of rotatable bonds is 9. The van der Waals surface area contributed by atoms with Crippen LogP contribution in [0.5, 0.6) is 5.75 Å². The van der Waals surface area contributed by atoms with E-state index in [-0.39, 0.29) is 47.4 Å². The van der Waals surface area contributed by atoms with Crippen molar-refractivity contribution in [2.75, 3.05) is 6.61 Å². The van der Waals surface area contributed by atoms with E-state index in [0.29, 0.717) is 16.9 Å². The first-order valence-electron chi connectivity index (χ1n) is 12.4. The summed E-state index contributed by atoms with van der Waals surface area (Å²) in [6.45, 7) is 6.38. The van der Waals surface area contributed by atoms with Gasteiger partial charge in [-0.2, -0.15) is 4.40 Å². The number of halogens is 2. The monoisotopic (exact) mass is 570 g/mol. The van der Waals surface area contributed by atoms with Crippen molar-refractivity contribution in [3.05, 3.63) is 83.4 Å². The smallest absolute Gasteiger partial charge is 0.310 e. The van der Waals surface area contributed by atoms with Gasteiger partial charge in [-0.05, 0) is 57.5 Å². The second kappa shape index (κ2) is 11.5. The van der Waals surface area contributed by atoms with Crippen molar-refractivity contribution in [2.45, 2.75) is 45.5 Å². The number of para-hydroxylation sites is 1. The molecule has 0 unspecified atom stereocenters. The SMILES string of the molecule is CCOC(=O)Cc1ccccc1OCc1cc(-c2ccnc(C=NS(=O)(=O)C(C)(C)C)c2F)c2occ(F)c2c1. The summed E-state index contributed by atoms with van der Waals surface area (Å²) < 4.78 is 73.8. The molecule has 0 amide bonds. The summed E-state index contributed by atoms with van der Waals surface area (Å²) in [5, 5.41) is 0.109. The second-order valence-corrected chi connectivity index (χ2v) is 12.2. The quantitative estimate of drug-likeness (QED) is 0.179. The van der Waals surface area contributed by atoms with Gasteiger partial charge in [0.1, 0.15) is 29.9 Å². The lowest BCUT2D eigenvalue weighted by Gasteiger charge is -2.14. The van der Waals surface area contributed by atoms with Crippen LogP contribution < -0.4 is 4.74 Å². The maximum atomic E-state index is 15.6. The third kappa shape index (κ3) is 6.20. The van der Waals surface area contributed by atoms with Crippen LogP contribution in [0.25, 0.3) is 22.1 Å². The summed E-state index contributed by atoms with van der Waals surface area (Å²) in [5.74, 6) is -1.45. The molecule has 2 aromatic heterocycles. The van der Waals surface area contributed by atoms with Crippen molar-refractivity contribution in [1.82, 2.24) is 4.98 Å². The highest BCUT2D eigenvalue weighted by Gasteiger charge is 2.28. The lowest BCUT2D eigenvalue weighted by atomic mass is 10.00. The van der Waals surface area contributed by atoms with Gasteiger partial charge in [-0.1, -0.05) is 18.2 Å². The minimum Gasteiger partial charge on any atom is -0.489 e. The topological polar surface area (TPSA) is 108 Å². The van der Waals surface area contributed by atoms with E-state index in [9.17, 15) is 17.6 Å². The Bertz CT molecular complexity index is 1690. The Labute approximate surface area is 230 Å². The highest BCUT2D eigenvalue weighted by atomic mass is 32.2. The number of hydrogen-bond acceptors (Lipinski definition) is 7. The number of aromatic nitrogens is 1. The lowest BCUT2D eigenvalue weighted by molar-refractivity contribution is -0.142. The van der Waals surface area contributed by atoms with E-state index in [4.69, 9.17) is 13.9 Å². The van der Waals surface area contributed by atoms with E-state index in [0.717, 1.165) is 12.5 Å². The summed E-state index contributed by atoms with van der Waals surface area (Å²) in [5.41, 5.74) is 1.13. The number of nitrogens with zero attached hydrogens (tertiary/aromatic N) is 2. The summed E-state index contributed by atoms with van der Waals surface area (Å²) in [6.07, 6.45) is 3.09. The van der Waals surface area contributed by atoms with E-state index in [1.807, 2.05) is 0 Å². The maximum absolute atomic E-state index is 15.6. The molecule has 0 saturated heterocycles. The van der Waals surface area contributed by atoms with Gasteiger partial charge < -0.3 is 13.9 Å². The molecule has 0 saturated carbocycles. The van der Waals surface area contributed by atoms with Gasteiger partial charge in [0.15, 0.2) is 11.6 Å². The van der Waals surface area contributed by atoms with E-state index in [2.05, 4.69) is 9.38 Å². The van der Waals surface area contributed by atoms with E-state index in [1.165, 1.54) is 39.1 Å². The predicted molar refractivity (Wildman–Crippen MR) is 147 cm³/mol. The molecule has 2 aromatic carbocycles. The van der Waals surface area contributed by atoms with Crippen molar-refractivity contribution < 1.29 is 35.9 Å².